The molecular weight excluding hydrogens is 456 g/mol. The molecule has 188 valence electrons. The molecule has 3 aromatic carbocycles. The number of carbonyl (C=O) groups excluding carboxylic acids is 1. The number of nitrogens with zero attached hydrogens (tertiary/aromatic N) is 1. The van der Waals surface area contributed by atoms with Crippen LogP contribution in [0.15, 0.2) is 54.6 Å². The summed E-state index contributed by atoms with van der Waals surface area (Å²) in [6, 6.07) is 17.3. The van der Waals surface area contributed by atoms with Gasteiger partial charge >= 0.3 is 5.97 Å². The van der Waals surface area contributed by atoms with Gasteiger partial charge in [0.05, 0.1) is 19.1 Å². The fourth-order valence-corrected chi connectivity index (χ4v) is 4.95. The van der Waals surface area contributed by atoms with Gasteiger partial charge in [0.1, 0.15) is 12.4 Å². The Morgan fingerprint density at radius 1 is 1.06 bits per heavy atom. The van der Waals surface area contributed by atoms with E-state index in [0.717, 1.165) is 18.5 Å². The third-order valence-corrected chi connectivity index (χ3v) is 6.72. The summed E-state index contributed by atoms with van der Waals surface area (Å²) in [5.41, 5.74) is 6.09. The number of amides is 1. The molecule has 1 aliphatic rings. The van der Waals surface area contributed by atoms with Crippen LogP contribution in [0.1, 0.15) is 45.1 Å². The van der Waals surface area contributed by atoms with Gasteiger partial charge < -0.3 is 25.2 Å². The minimum Gasteiger partial charge on any atom is -0.491 e. The molecule has 0 radical (unpaired) electrons. The molecule has 1 atom stereocenters. The molecule has 0 aliphatic carbocycles. The number of hydrogen-bond donors (Lipinski definition) is 3. The first-order valence-corrected chi connectivity index (χ1v) is 12.1. The highest BCUT2D eigenvalue weighted by Crippen LogP contribution is 2.32. The molecule has 1 amide bonds. The molecule has 3 N–H and O–H groups in total. The Bertz CT molecular complexity index is 1290. The molecule has 0 saturated carbocycles. The van der Waals surface area contributed by atoms with Crippen LogP contribution in [0.25, 0.3) is 0 Å². The van der Waals surface area contributed by atoms with E-state index in [1.807, 2.05) is 19.9 Å². The molecule has 0 bridgehead atoms. The molecule has 0 aromatic heterocycles. The number of para-hydroxylation sites is 1. The van der Waals surface area contributed by atoms with Crippen LogP contribution in [0, 0.1) is 13.8 Å². The number of aliphatic carboxylic acids is 1. The minimum atomic E-state index is -0.931. The maximum absolute atomic E-state index is 13.1. The summed E-state index contributed by atoms with van der Waals surface area (Å²) in [5.74, 6) is -0.685. The number of aliphatic hydroxyl groups excluding tert-OH is 1. The van der Waals surface area contributed by atoms with Crippen molar-refractivity contribution in [3.63, 3.8) is 0 Å². The number of hydrogen-bond acceptors (Lipinski definition) is 5. The fraction of sp³-hybridized carbons (Fsp3) is 0.310. The van der Waals surface area contributed by atoms with E-state index in [1.54, 1.807) is 24.3 Å². The normalized spacial score (nSPS) is 14.4. The first-order chi connectivity index (χ1) is 17.3. The quantitative estimate of drug-likeness (QED) is 0.410. The summed E-state index contributed by atoms with van der Waals surface area (Å²) in [7, 11) is 0. The Labute approximate surface area is 211 Å². The van der Waals surface area contributed by atoms with Gasteiger partial charge in [0, 0.05) is 23.5 Å². The van der Waals surface area contributed by atoms with Crippen LogP contribution in [0.4, 0.5) is 11.4 Å². The number of carbonyl (C=O) groups is 2. The SMILES string of the molecule is CCN1c2ccccc2C[C@@H]1COc1cc(C)c(C(=O)Nc2ccc(C)c(CC(=O)O)c2)c(CO)c1. The highest BCUT2D eigenvalue weighted by molar-refractivity contribution is 6.06. The zero-order chi connectivity index (χ0) is 25.8. The Balaban J connectivity index is 1.49. The van der Waals surface area contributed by atoms with Crippen molar-refractivity contribution in [2.24, 2.45) is 0 Å². The second-order valence-electron chi connectivity index (χ2n) is 9.18. The van der Waals surface area contributed by atoms with E-state index in [-0.39, 0.29) is 25.0 Å². The van der Waals surface area contributed by atoms with E-state index in [0.29, 0.717) is 40.3 Å². The van der Waals surface area contributed by atoms with Gasteiger partial charge in [-0.1, -0.05) is 24.3 Å². The van der Waals surface area contributed by atoms with E-state index in [9.17, 15) is 14.7 Å². The summed E-state index contributed by atoms with van der Waals surface area (Å²) in [6.45, 7) is 6.85. The van der Waals surface area contributed by atoms with Crippen LogP contribution in [-0.4, -0.2) is 41.3 Å². The third kappa shape index (κ3) is 5.36. The van der Waals surface area contributed by atoms with Gasteiger partial charge in [-0.15, -0.1) is 0 Å². The number of rotatable bonds is 9. The van der Waals surface area contributed by atoms with Crippen molar-refractivity contribution in [3.05, 3.63) is 88.0 Å². The predicted molar refractivity (Wildman–Crippen MR) is 140 cm³/mol. The van der Waals surface area contributed by atoms with Crippen molar-refractivity contribution in [1.29, 1.82) is 0 Å². The Kier molecular flexibility index (Phi) is 7.60. The molecule has 0 unspecified atom stereocenters. The van der Waals surface area contributed by atoms with Crippen molar-refractivity contribution < 1.29 is 24.5 Å². The highest BCUT2D eigenvalue weighted by atomic mass is 16.5. The Morgan fingerprint density at radius 3 is 2.56 bits per heavy atom. The number of aliphatic hydroxyl groups is 1. The smallest absolute Gasteiger partial charge is 0.307 e. The Morgan fingerprint density at radius 2 is 1.83 bits per heavy atom. The summed E-state index contributed by atoms with van der Waals surface area (Å²) in [4.78, 5) is 26.6. The van der Waals surface area contributed by atoms with Crippen molar-refractivity contribution in [3.8, 4) is 5.75 Å². The van der Waals surface area contributed by atoms with Gasteiger partial charge in [-0.05, 0) is 85.3 Å². The monoisotopic (exact) mass is 488 g/mol. The number of likely N-dealkylation sites (N-methyl/N-ethyl adjacent to an activating group) is 1. The van der Waals surface area contributed by atoms with Crippen LogP contribution in [0.2, 0.25) is 0 Å². The minimum absolute atomic E-state index is 0.121. The largest absolute Gasteiger partial charge is 0.491 e. The highest BCUT2D eigenvalue weighted by Gasteiger charge is 2.28. The summed E-state index contributed by atoms with van der Waals surface area (Å²) in [5, 5.41) is 22.0. The summed E-state index contributed by atoms with van der Waals surface area (Å²) < 4.78 is 6.16. The molecule has 4 rings (SSSR count). The lowest BCUT2D eigenvalue weighted by Gasteiger charge is -2.26. The molecule has 0 spiro atoms. The fourth-order valence-electron chi connectivity index (χ4n) is 4.95. The van der Waals surface area contributed by atoms with Gasteiger partial charge in [-0.2, -0.15) is 0 Å². The van der Waals surface area contributed by atoms with Crippen LogP contribution in [0.5, 0.6) is 5.75 Å². The zero-order valence-electron chi connectivity index (χ0n) is 20.9. The van der Waals surface area contributed by atoms with Gasteiger partial charge in [-0.3, -0.25) is 9.59 Å². The number of aryl methyl sites for hydroxylation is 2. The topological polar surface area (TPSA) is 99.1 Å². The van der Waals surface area contributed by atoms with E-state index in [2.05, 4.69) is 41.4 Å². The number of benzene rings is 3. The molecule has 0 saturated heterocycles. The second-order valence-corrected chi connectivity index (χ2v) is 9.18. The molecule has 1 aliphatic heterocycles. The van der Waals surface area contributed by atoms with Crippen molar-refractivity contribution >= 4 is 23.3 Å². The lowest BCUT2D eigenvalue weighted by atomic mass is 10.00. The number of carboxylic acids is 1. The second kappa shape index (κ2) is 10.8. The molecule has 0 fully saturated rings. The predicted octanol–water partition coefficient (Wildman–Crippen LogP) is 4.51. The molecule has 1 heterocycles. The van der Waals surface area contributed by atoms with Crippen LogP contribution in [-0.2, 0) is 24.2 Å². The van der Waals surface area contributed by atoms with Crippen LogP contribution < -0.4 is 15.0 Å². The summed E-state index contributed by atoms with van der Waals surface area (Å²) >= 11 is 0. The molecular formula is C29H32N2O5. The first-order valence-electron chi connectivity index (χ1n) is 12.1. The number of fused-ring (bicyclic) bond motifs is 1. The van der Waals surface area contributed by atoms with E-state index in [4.69, 9.17) is 9.84 Å². The average molecular weight is 489 g/mol. The number of carboxylic acid groups (broad SMARTS) is 1. The van der Waals surface area contributed by atoms with Crippen LogP contribution >= 0.6 is 0 Å². The van der Waals surface area contributed by atoms with E-state index in [1.165, 1.54) is 11.3 Å². The van der Waals surface area contributed by atoms with Gasteiger partial charge in [0.2, 0.25) is 0 Å². The number of nitrogens with one attached hydrogen (secondary N) is 1. The molecule has 3 aromatic rings. The molecule has 36 heavy (non-hydrogen) atoms. The van der Waals surface area contributed by atoms with Crippen LogP contribution in [0.3, 0.4) is 0 Å². The van der Waals surface area contributed by atoms with Crippen molar-refractivity contribution in [2.75, 3.05) is 23.4 Å². The van der Waals surface area contributed by atoms with Crippen molar-refractivity contribution in [2.45, 2.75) is 46.3 Å². The maximum Gasteiger partial charge on any atom is 0.307 e. The van der Waals surface area contributed by atoms with Gasteiger partial charge in [0.25, 0.3) is 5.91 Å². The standard InChI is InChI=1S/C29H32N2O5/c1-4-31-24(13-20-7-5-6-8-26(20)31)17-36-25-11-19(3)28(22(14-25)16-32)29(35)30-23-10-9-18(2)21(12-23)15-27(33)34/h5-12,14,24,32H,4,13,15-17H2,1-3H3,(H,30,35)(H,33,34)/t24-/m1/s1. The van der Waals surface area contributed by atoms with Crippen molar-refractivity contribution in [1.82, 2.24) is 0 Å². The molecule has 7 nitrogen and oxygen atoms in total. The first kappa shape index (κ1) is 25.3. The molecule has 7 heteroatoms. The number of anilines is 2. The maximum atomic E-state index is 13.1. The zero-order valence-corrected chi connectivity index (χ0v) is 20.9. The average Bonchev–Trinajstić information content (AvgIpc) is 3.21. The Hall–Kier alpha value is -3.84. The van der Waals surface area contributed by atoms with E-state index >= 15 is 0 Å². The summed E-state index contributed by atoms with van der Waals surface area (Å²) in [6.07, 6.45) is 0.792. The lowest BCUT2D eigenvalue weighted by Crippen LogP contribution is -2.36. The van der Waals surface area contributed by atoms with E-state index < -0.39 is 5.97 Å². The number of ether oxygens (including phenoxy) is 1. The third-order valence-electron chi connectivity index (χ3n) is 6.72. The van der Waals surface area contributed by atoms with Gasteiger partial charge in [-0.25, -0.2) is 0 Å². The lowest BCUT2D eigenvalue weighted by molar-refractivity contribution is -0.136. The van der Waals surface area contributed by atoms with Gasteiger partial charge in [0.15, 0.2) is 0 Å².